The number of nitrogens with zero attached hydrogens (tertiary/aromatic N) is 2. The van der Waals surface area contributed by atoms with Crippen LogP contribution >= 0.6 is 11.6 Å². The van der Waals surface area contributed by atoms with Gasteiger partial charge >= 0.3 is 0 Å². The van der Waals surface area contributed by atoms with Crippen LogP contribution in [0.4, 0.5) is 5.69 Å². The van der Waals surface area contributed by atoms with Gasteiger partial charge in [0.15, 0.2) is 0 Å². The van der Waals surface area contributed by atoms with Gasteiger partial charge < -0.3 is 15.8 Å². The number of carbonyl (C=O) groups is 2. The molecule has 32 heavy (non-hydrogen) atoms. The number of nitrogens with one attached hydrogen (secondary N) is 1. The lowest BCUT2D eigenvalue weighted by Gasteiger charge is -2.13. The van der Waals surface area contributed by atoms with Gasteiger partial charge in [-0.2, -0.15) is 0 Å². The maximum atomic E-state index is 12.7. The number of halogens is 1. The van der Waals surface area contributed by atoms with Gasteiger partial charge in [0.1, 0.15) is 5.75 Å². The molecule has 3 aromatic rings. The zero-order chi connectivity index (χ0) is 23.5. The first kappa shape index (κ1) is 23.2. The average molecular weight is 475 g/mol. The molecule has 0 saturated carbocycles. The average Bonchev–Trinajstić information content (AvgIpc) is 2.75. The third kappa shape index (κ3) is 5.22. The summed E-state index contributed by atoms with van der Waals surface area (Å²) in [6.45, 7) is 0. The zero-order valence-corrected chi connectivity index (χ0v) is 18.6. The van der Waals surface area contributed by atoms with Crippen molar-refractivity contribution in [3.05, 3.63) is 76.9 Å². The smallest absolute Gasteiger partial charge is 0.257 e. The predicted molar refractivity (Wildman–Crippen MR) is 120 cm³/mol. The Balaban J connectivity index is 1.75. The molecule has 0 radical (unpaired) electrons. The van der Waals surface area contributed by atoms with Gasteiger partial charge in [-0.25, -0.2) is 17.7 Å². The number of hydrogen-bond donors (Lipinski definition) is 2. The number of nitrogens with two attached hydrogens (primary N) is 1. The Morgan fingerprint density at radius 2 is 1.84 bits per heavy atom. The molecule has 3 N–H and O–H groups in total. The number of amides is 2. The van der Waals surface area contributed by atoms with Gasteiger partial charge in [-0.1, -0.05) is 17.7 Å². The summed E-state index contributed by atoms with van der Waals surface area (Å²) in [7, 11) is -0.946. The van der Waals surface area contributed by atoms with Crippen LogP contribution in [0.2, 0.25) is 5.02 Å². The molecule has 2 amide bonds. The largest absolute Gasteiger partial charge is 0.439 e. The summed E-state index contributed by atoms with van der Waals surface area (Å²) in [5, 5.41) is 2.71. The van der Waals surface area contributed by atoms with Crippen molar-refractivity contribution in [2.75, 3.05) is 19.4 Å². The number of pyridine rings is 1. The molecule has 1 aromatic heterocycles. The van der Waals surface area contributed by atoms with Crippen molar-refractivity contribution in [2.24, 2.45) is 5.73 Å². The number of hydrogen-bond acceptors (Lipinski definition) is 6. The summed E-state index contributed by atoms with van der Waals surface area (Å²) < 4.78 is 31.3. The molecule has 0 bridgehead atoms. The molecule has 2 aromatic carbocycles. The molecular weight excluding hydrogens is 456 g/mol. The van der Waals surface area contributed by atoms with Crippen LogP contribution < -0.4 is 15.8 Å². The lowest BCUT2D eigenvalue weighted by molar-refractivity contribution is 0.0997. The van der Waals surface area contributed by atoms with Crippen LogP contribution in [0.5, 0.6) is 11.6 Å². The lowest BCUT2D eigenvalue weighted by atomic mass is 10.2. The Labute approximate surface area is 189 Å². The van der Waals surface area contributed by atoms with Crippen LogP contribution in [-0.2, 0) is 10.0 Å². The van der Waals surface area contributed by atoms with Crippen LogP contribution in [-0.4, -0.2) is 43.6 Å². The van der Waals surface area contributed by atoms with E-state index in [2.05, 4.69) is 10.3 Å². The minimum absolute atomic E-state index is 0.00168. The molecule has 3 rings (SSSR count). The summed E-state index contributed by atoms with van der Waals surface area (Å²) in [6, 6.07) is 13.3. The van der Waals surface area contributed by atoms with E-state index in [1.54, 1.807) is 24.3 Å². The zero-order valence-electron chi connectivity index (χ0n) is 17.1. The van der Waals surface area contributed by atoms with Crippen LogP contribution in [0.3, 0.4) is 0 Å². The van der Waals surface area contributed by atoms with Crippen molar-refractivity contribution in [1.82, 2.24) is 9.29 Å². The molecule has 0 saturated heterocycles. The van der Waals surface area contributed by atoms with Gasteiger partial charge in [-0.15, -0.1) is 0 Å². The highest BCUT2D eigenvalue weighted by atomic mass is 35.5. The Kier molecular flexibility index (Phi) is 6.78. The van der Waals surface area contributed by atoms with E-state index in [-0.39, 0.29) is 21.4 Å². The highest BCUT2D eigenvalue weighted by molar-refractivity contribution is 7.89. The minimum Gasteiger partial charge on any atom is -0.439 e. The molecule has 0 spiro atoms. The summed E-state index contributed by atoms with van der Waals surface area (Å²) in [5.74, 6) is -0.587. The Morgan fingerprint density at radius 1 is 1.09 bits per heavy atom. The summed E-state index contributed by atoms with van der Waals surface area (Å²) in [6.07, 6.45) is 1.36. The first-order chi connectivity index (χ1) is 15.1. The predicted octanol–water partition coefficient (Wildman–Crippen LogP) is 3.13. The molecule has 0 aliphatic carbocycles. The van der Waals surface area contributed by atoms with Crippen molar-refractivity contribution in [3.63, 3.8) is 0 Å². The van der Waals surface area contributed by atoms with E-state index < -0.39 is 21.8 Å². The van der Waals surface area contributed by atoms with Gasteiger partial charge in [0.25, 0.3) is 5.91 Å². The SMILES string of the molecule is CN(C)S(=O)(=O)c1ccc(Cl)c(C(=O)Nc2ccc(Oc3cccc(C(N)=O)c3)nc2)c1. The monoisotopic (exact) mass is 474 g/mol. The second-order valence-corrected chi connectivity index (χ2v) is 9.32. The van der Waals surface area contributed by atoms with Crippen molar-refractivity contribution < 1.29 is 22.7 Å². The molecule has 166 valence electrons. The molecule has 0 unspecified atom stereocenters. The number of carbonyl (C=O) groups excluding carboxylic acids is 2. The fourth-order valence-electron chi connectivity index (χ4n) is 2.60. The maximum absolute atomic E-state index is 12.7. The summed E-state index contributed by atoms with van der Waals surface area (Å²) in [4.78, 5) is 28.0. The molecule has 0 aliphatic rings. The third-order valence-electron chi connectivity index (χ3n) is 4.30. The van der Waals surface area contributed by atoms with E-state index in [0.717, 1.165) is 4.31 Å². The van der Waals surface area contributed by atoms with Gasteiger partial charge in [-0.05, 0) is 42.5 Å². The van der Waals surface area contributed by atoms with Gasteiger partial charge in [0.2, 0.25) is 21.8 Å². The number of primary amides is 1. The first-order valence-electron chi connectivity index (χ1n) is 9.15. The second-order valence-electron chi connectivity index (χ2n) is 6.76. The summed E-state index contributed by atoms with van der Waals surface area (Å²) in [5.41, 5.74) is 5.88. The minimum atomic E-state index is -3.73. The standard InChI is InChI=1S/C21H19ClN4O5S/c1-26(2)32(29,30)16-7-8-18(22)17(11-16)21(28)25-14-6-9-19(24-12-14)31-15-5-3-4-13(10-15)20(23)27/h3-12H,1-2H3,(H2,23,27)(H,25,28). The van der Waals surface area contributed by atoms with Crippen LogP contribution in [0.25, 0.3) is 0 Å². The molecular formula is C21H19ClN4O5S. The number of anilines is 1. The number of aromatic nitrogens is 1. The molecule has 11 heteroatoms. The maximum Gasteiger partial charge on any atom is 0.257 e. The first-order valence-corrected chi connectivity index (χ1v) is 11.0. The topological polar surface area (TPSA) is 132 Å². The Bertz CT molecular complexity index is 1280. The molecule has 0 atom stereocenters. The van der Waals surface area contributed by atoms with Crippen molar-refractivity contribution in [2.45, 2.75) is 4.90 Å². The van der Waals surface area contributed by atoms with Crippen molar-refractivity contribution >= 4 is 39.1 Å². The van der Waals surface area contributed by atoms with Crippen LogP contribution in [0.1, 0.15) is 20.7 Å². The van der Waals surface area contributed by atoms with Crippen LogP contribution in [0.15, 0.2) is 65.7 Å². The van der Waals surface area contributed by atoms with Gasteiger partial charge in [0, 0.05) is 25.7 Å². The van der Waals surface area contributed by atoms with E-state index in [1.165, 1.54) is 50.6 Å². The van der Waals surface area contributed by atoms with E-state index in [4.69, 9.17) is 22.1 Å². The number of sulfonamides is 1. The number of benzene rings is 2. The number of ether oxygens (including phenoxy) is 1. The van der Waals surface area contributed by atoms with Crippen molar-refractivity contribution in [3.8, 4) is 11.6 Å². The second kappa shape index (κ2) is 9.35. The normalized spacial score (nSPS) is 11.2. The van der Waals surface area contributed by atoms with E-state index in [0.29, 0.717) is 17.0 Å². The van der Waals surface area contributed by atoms with Gasteiger partial charge in [-0.3, -0.25) is 9.59 Å². The quantitative estimate of drug-likeness (QED) is 0.540. The van der Waals surface area contributed by atoms with E-state index in [1.807, 2.05) is 0 Å². The molecule has 0 fully saturated rings. The number of rotatable bonds is 7. The lowest BCUT2D eigenvalue weighted by Crippen LogP contribution is -2.23. The van der Waals surface area contributed by atoms with E-state index in [9.17, 15) is 18.0 Å². The van der Waals surface area contributed by atoms with Gasteiger partial charge in [0.05, 0.1) is 27.4 Å². The fraction of sp³-hybridized carbons (Fsp3) is 0.0952. The third-order valence-corrected chi connectivity index (χ3v) is 6.44. The summed E-state index contributed by atoms with van der Waals surface area (Å²) >= 11 is 6.10. The Hall–Kier alpha value is -3.47. The highest BCUT2D eigenvalue weighted by Gasteiger charge is 2.21. The van der Waals surface area contributed by atoms with E-state index >= 15 is 0 Å². The van der Waals surface area contributed by atoms with Crippen LogP contribution in [0, 0.1) is 0 Å². The molecule has 1 heterocycles. The highest BCUT2D eigenvalue weighted by Crippen LogP contribution is 2.24. The fourth-order valence-corrected chi connectivity index (χ4v) is 3.73. The Morgan fingerprint density at radius 3 is 2.47 bits per heavy atom. The molecule has 9 nitrogen and oxygen atoms in total. The van der Waals surface area contributed by atoms with Crippen molar-refractivity contribution in [1.29, 1.82) is 0 Å². The molecule has 0 aliphatic heterocycles.